The molecule has 1 atom stereocenters. The lowest BCUT2D eigenvalue weighted by atomic mass is 9.82. The van der Waals surface area contributed by atoms with Gasteiger partial charge in [0.1, 0.15) is 0 Å². The van der Waals surface area contributed by atoms with Gasteiger partial charge in [-0.25, -0.2) is 0 Å². The monoisotopic (exact) mass is 310 g/mol. The molecule has 1 saturated heterocycles. The summed E-state index contributed by atoms with van der Waals surface area (Å²) >= 11 is 0. The lowest BCUT2D eigenvalue weighted by Crippen LogP contribution is -2.45. The van der Waals surface area contributed by atoms with E-state index in [-0.39, 0.29) is 23.7 Å². The highest BCUT2D eigenvalue weighted by Gasteiger charge is 2.27. The van der Waals surface area contributed by atoms with Gasteiger partial charge >= 0.3 is 0 Å². The van der Waals surface area contributed by atoms with Crippen LogP contribution in [0.15, 0.2) is 12.1 Å². The number of piperidine rings is 1. The summed E-state index contributed by atoms with van der Waals surface area (Å²) in [5.41, 5.74) is 4.35. The van der Waals surface area contributed by atoms with Gasteiger partial charge in [-0.15, -0.1) is 12.4 Å². The highest BCUT2D eigenvalue weighted by molar-refractivity contribution is 5.97. The second-order valence-corrected chi connectivity index (χ2v) is 6.55. The molecule has 1 heterocycles. The summed E-state index contributed by atoms with van der Waals surface area (Å²) < 4.78 is 0. The number of carbonyl (C=O) groups is 1. The van der Waals surface area contributed by atoms with Crippen LogP contribution in [0.5, 0.6) is 0 Å². The molecule has 21 heavy (non-hydrogen) atoms. The van der Waals surface area contributed by atoms with Crippen molar-refractivity contribution in [2.24, 2.45) is 5.41 Å². The Morgan fingerprint density at radius 3 is 2.43 bits per heavy atom. The quantitative estimate of drug-likeness (QED) is 0.900. The van der Waals surface area contributed by atoms with E-state index >= 15 is 0 Å². The SMILES string of the molecule is Cc1cc(C)c(C(=O)NCC2(C)CCCNC2)c(C)c1.Cl. The fraction of sp³-hybridized carbons (Fsp3) is 0.588. The number of nitrogens with one attached hydrogen (secondary N) is 2. The van der Waals surface area contributed by atoms with Gasteiger partial charge < -0.3 is 10.6 Å². The molecule has 0 saturated carbocycles. The first-order valence-electron chi connectivity index (χ1n) is 7.48. The average molecular weight is 311 g/mol. The minimum absolute atomic E-state index is 0. The van der Waals surface area contributed by atoms with Crippen LogP contribution in [0.4, 0.5) is 0 Å². The van der Waals surface area contributed by atoms with Gasteiger partial charge in [0.15, 0.2) is 0 Å². The van der Waals surface area contributed by atoms with Gasteiger partial charge in [0.2, 0.25) is 0 Å². The second kappa shape index (κ2) is 7.28. The van der Waals surface area contributed by atoms with E-state index in [0.29, 0.717) is 0 Å². The van der Waals surface area contributed by atoms with Crippen LogP contribution in [-0.4, -0.2) is 25.5 Å². The molecular weight excluding hydrogens is 284 g/mol. The van der Waals surface area contributed by atoms with Crippen molar-refractivity contribution in [3.05, 3.63) is 34.4 Å². The fourth-order valence-corrected chi connectivity index (χ4v) is 3.19. The summed E-state index contributed by atoms with van der Waals surface area (Å²) in [6, 6.07) is 4.15. The maximum absolute atomic E-state index is 12.5. The van der Waals surface area contributed by atoms with Gasteiger partial charge in [0, 0.05) is 18.7 Å². The summed E-state index contributed by atoms with van der Waals surface area (Å²) in [7, 11) is 0. The Hall–Kier alpha value is -1.06. The maximum atomic E-state index is 12.5. The first-order valence-corrected chi connectivity index (χ1v) is 7.48. The molecule has 0 radical (unpaired) electrons. The summed E-state index contributed by atoms with van der Waals surface area (Å²) in [6.45, 7) is 11.2. The van der Waals surface area contributed by atoms with E-state index in [2.05, 4.69) is 36.6 Å². The van der Waals surface area contributed by atoms with Crippen molar-refractivity contribution in [1.29, 1.82) is 0 Å². The summed E-state index contributed by atoms with van der Waals surface area (Å²) in [4.78, 5) is 12.5. The Morgan fingerprint density at radius 2 is 1.90 bits per heavy atom. The molecule has 0 spiro atoms. The minimum atomic E-state index is 0. The zero-order chi connectivity index (χ0) is 14.8. The van der Waals surface area contributed by atoms with Gasteiger partial charge in [-0.2, -0.15) is 0 Å². The van der Waals surface area contributed by atoms with E-state index in [1.54, 1.807) is 0 Å². The third-order valence-electron chi connectivity index (χ3n) is 4.27. The van der Waals surface area contributed by atoms with E-state index < -0.39 is 0 Å². The van der Waals surface area contributed by atoms with Crippen molar-refractivity contribution in [1.82, 2.24) is 10.6 Å². The van der Waals surface area contributed by atoms with Crippen LogP contribution in [0.25, 0.3) is 0 Å². The number of benzene rings is 1. The Kier molecular flexibility index (Phi) is 6.24. The van der Waals surface area contributed by atoms with Crippen molar-refractivity contribution in [3.63, 3.8) is 0 Å². The Morgan fingerprint density at radius 1 is 1.29 bits per heavy atom. The maximum Gasteiger partial charge on any atom is 0.251 e. The second-order valence-electron chi connectivity index (χ2n) is 6.55. The van der Waals surface area contributed by atoms with Crippen molar-refractivity contribution in [3.8, 4) is 0 Å². The van der Waals surface area contributed by atoms with Crippen LogP contribution >= 0.6 is 12.4 Å². The third-order valence-corrected chi connectivity index (χ3v) is 4.27. The largest absolute Gasteiger partial charge is 0.351 e. The highest BCUT2D eigenvalue weighted by Crippen LogP contribution is 2.24. The first kappa shape index (κ1) is 18.0. The average Bonchev–Trinajstić information content (AvgIpc) is 2.36. The molecule has 1 fully saturated rings. The van der Waals surface area contributed by atoms with Crippen molar-refractivity contribution < 1.29 is 4.79 Å². The number of aryl methyl sites for hydroxylation is 3. The van der Waals surface area contributed by atoms with Crippen LogP contribution in [0.3, 0.4) is 0 Å². The molecule has 0 aliphatic carbocycles. The van der Waals surface area contributed by atoms with Crippen LogP contribution in [0.1, 0.15) is 46.8 Å². The zero-order valence-corrected chi connectivity index (χ0v) is 14.3. The molecule has 2 rings (SSSR count). The molecule has 1 unspecified atom stereocenters. The summed E-state index contributed by atoms with van der Waals surface area (Å²) in [5.74, 6) is 0.0619. The van der Waals surface area contributed by atoms with Gasteiger partial charge in [-0.05, 0) is 56.7 Å². The predicted octanol–water partition coefficient (Wildman–Crippen LogP) is 3.15. The molecule has 4 heteroatoms. The van der Waals surface area contributed by atoms with E-state index in [1.807, 2.05) is 13.8 Å². The van der Waals surface area contributed by atoms with Crippen molar-refractivity contribution in [2.75, 3.05) is 19.6 Å². The molecular formula is C17H27ClN2O. The summed E-state index contributed by atoms with van der Waals surface area (Å²) in [6.07, 6.45) is 2.36. The lowest BCUT2D eigenvalue weighted by molar-refractivity contribution is 0.0923. The normalized spacial score (nSPS) is 21.5. The van der Waals surface area contributed by atoms with Gasteiger partial charge in [0.05, 0.1) is 0 Å². The smallest absolute Gasteiger partial charge is 0.251 e. The number of amides is 1. The Bertz CT molecular complexity index is 485. The number of hydrogen-bond acceptors (Lipinski definition) is 2. The van der Waals surface area contributed by atoms with Gasteiger partial charge in [-0.3, -0.25) is 4.79 Å². The predicted molar refractivity (Wildman–Crippen MR) is 90.4 cm³/mol. The van der Waals surface area contributed by atoms with E-state index in [9.17, 15) is 4.79 Å². The first-order chi connectivity index (χ1) is 9.41. The molecule has 1 aromatic rings. The number of carbonyl (C=O) groups excluding carboxylic acids is 1. The molecule has 1 aliphatic heterocycles. The highest BCUT2D eigenvalue weighted by atomic mass is 35.5. The van der Waals surface area contributed by atoms with Crippen LogP contribution in [-0.2, 0) is 0 Å². The number of hydrogen-bond donors (Lipinski definition) is 2. The van der Waals surface area contributed by atoms with Crippen molar-refractivity contribution in [2.45, 2.75) is 40.5 Å². The van der Waals surface area contributed by atoms with Gasteiger partial charge in [-0.1, -0.05) is 24.6 Å². The molecule has 2 N–H and O–H groups in total. The Balaban J connectivity index is 0.00000220. The van der Waals surface area contributed by atoms with E-state index in [1.165, 1.54) is 18.4 Å². The zero-order valence-electron chi connectivity index (χ0n) is 13.5. The van der Waals surface area contributed by atoms with E-state index in [0.717, 1.165) is 36.3 Å². The number of rotatable bonds is 3. The van der Waals surface area contributed by atoms with Crippen molar-refractivity contribution >= 4 is 18.3 Å². The molecule has 0 bridgehead atoms. The molecule has 118 valence electrons. The topological polar surface area (TPSA) is 41.1 Å². The number of halogens is 1. The van der Waals surface area contributed by atoms with Crippen LogP contribution in [0.2, 0.25) is 0 Å². The molecule has 0 aromatic heterocycles. The van der Waals surface area contributed by atoms with Crippen LogP contribution in [0, 0.1) is 26.2 Å². The molecule has 1 aromatic carbocycles. The summed E-state index contributed by atoms with van der Waals surface area (Å²) in [5, 5.41) is 6.55. The van der Waals surface area contributed by atoms with Gasteiger partial charge in [0.25, 0.3) is 5.91 Å². The fourth-order valence-electron chi connectivity index (χ4n) is 3.19. The molecule has 1 aliphatic rings. The molecule has 3 nitrogen and oxygen atoms in total. The van der Waals surface area contributed by atoms with Crippen LogP contribution < -0.4 is 10.6 Å². The molecule has 1 amide bonds. The standard InChI is InChI=1S/C17H26N2O.ClH/c1-12-8-13(2)15(14(3)9-12)16(20)19-11-17(4)6-5-7-18-10-17;/h8-9,18H,5-7,10-11H2,1-4H3,(H,19,20);1H. The lowest BCUT2D eigenvalue weighted by Gasteiger charge is -2.34. The van der Waals surface area contributed by atoms with E-state index in [4.69, 9.17) is 0 Å². The minimum Gasteiger partial charge on any atom is -0.351 e. The third kappa shape index (κ3) is 4.45. The Labute approximate surface area is 134 Å².